The Bertz CT molecular complexity index is 218. The quantitative estimate of drug-likeness (QED) is 0.782. The molecule has 0 unspecified atom stereocenters. The van der Waals surface area contributed by atoms with E-state index in [2.05, 4.69) is 35.9 Å². The van der Waals surface area contributed by atoms with Crippen molar-refractivity contribution in [2.24, 2.45) is 5.92 Å². The van der Waals surface area contributed by atoms with Gasteiger partial charge < -0.3 is 10.2 Å². The molecular weight excluding hydrogens is 210 g/mol. The molecule has 17 heavy (non-hydrogen) atoms. The Morgan fingerprint density at radius 3 is 2.24 bits per heavy atom. The van der Waals surface area contributed by atoms with E-state index < -0.39 is 0 Å². The van der Waals surface area contributed by atoms with Gasteiger partial charge in [0.05, 0.1) is 0 Å². The number of nitrogens with one attached hydrogen (secondary N) is 1. The van der Waals surface area contributed by atoms with Gasteiger partial charge in [0.15, 0.2) is 0 Å². The Balaban J connectivity index is 1.76. The first-order valence-electron chi connectivity index (χ1n) is 7.39. The number of piperidine rings is 1. The fraction of sp³-hybridized carbons (Fsp3) is 1.00. The zero-order valence-electron chi connectivity index (χ0n) is 11.8. The van der Waals surface area contributed by atoms with Crippen molar-refractivity contribution in [3.05, 3.63) is 0 Å². The molecule has 2 saturated heterocycles. The molecule has 2 rings (SSSR count). The van der Waals surface area contributed by atoms with E-state index in [-0.39, 0.29) is 0 Å². The summed E-state index contributed by atoms with van der Waals surface area (Å²) >= 11 is 0. The van der Waals surface area contributed by atoms with Gasteiger partial charge in [-0.3, -0.25) is 4.90 Å². The summed E-state index contributed by atoms with van der Waals surface area (Å²) in [5.74, 6) is 0.810. The van der Waals surface area contributed by atoms with Crippen molar-refractivity contribution in [1.29, 1.82) is 0 Å². The highest BCUT2D eigenvalue weighted by Crippen LogP contribution is 2.20. The molecular formula is C14H29N3. The van der Waals surface area contributed by atoms with Crippen LogP contribution in [0.25, 0.3) is 0 Å². The molecule has 0 bridgehead atoms. The number of rotatable bonds is 5. The molecule has 0 spiro atoms. The van der Waals surface area contributed by atoms with Crippen LogP contribution in [0.1, 0.15) is 33.6 Å². The minimum atomic E-state index is 0.810. The largest absolute Gasteiger partial charge is 0.314 e. The van der Waals surface area contributed by atoms with Gasteiger partial charge in [0.2, 0.25) is 0 Å². The van der Waals surface area contributed by atoms with E-state index in [0.717, 1.165) is 18.0 Å². The zero-order chi connectivity index (χ0) is 12.3. The third-order valence-electron chi connectivity index (χ3n) is 4.24. The molecule has 0 radical (unpaired) electrons. The summed E-state index contributed by atoms with van der Waals surface area (Å²) in [6.07, 6.45) is 2.74. The van der Waals surface area contributed by atoms with Gasteiger partial charge in [0.25, 0.3) is 0 Å². The average molecular weight is 239 g/mol. The summed E-state index contributed by atoms with van der Waals surface area (Å²) in [4.78, 5) is 5.39. The van der Waals surface area contributed by atoms with Crippen LogP contribution in [0.5, 0.6) is 0 Å². The summed E-state index contributed by atoms with van der Waals surface area (Å²) in [6.45, 7) is 14.5. The van der Waals surface area contributed by atoms with Crippen molar-refractivity contribution in [2.75, 3.05) is 39.3 Å². The fourth-order valence-corrected chi connectivity index (χ4v) is 3.27. The lowest BCUT2D eigenvalue weighted by Crippen LogP contribution is -2.61. The number of likely N-dealkylation sites (N-methyl/N-ethyl adjacent to an activating group) is 1. The summed E-state index contributed by atoms with van der Waals surface area (Å²) in [5.41, 5.74) is 0. The third kappa shape index (κ3) is 3.43. The van der Waals surface area contributed by atoms with Crippen LogP contribution in [0, 0.1) is 5.92 Å². The van der Waals surface area contributed by atoms with Crippen molar-refractivity contribution in [1.82, 2.24) is 15.1 Å². The second-order valence-corrected chi connectivity index (χ2v) is 6.07. The first-order chi connectivity index (χ1) is 8.20. The Hall–Kier alpha value is -0.120. The second-order valence-electron chi connectivity index (χ2n) is 6.07. The van der Waals surface area contributed by atoms with Gasteiger partial charge in [-0.2, -0.15) is 0 Å². The van der Waals surface area contributed by atoms with Gasteiger partial charge in [-0.1, -0.05) is 20.8 Å². The van der Waals surface area contributed by atoms with Gasteiger partial charge in [-0.15, -0.1) is 0 Å². The predicted octanol–water partition coefficient (Wildman–Crippen LogP) is 1.40. The Labute approximate surface area is 107 Å². The van der Waals surface area contributed by atoms with Crippen LogP contribution in [-0.2, 0) is 0 Å². The van der Waals surface area contributed by atoms with Crippen molar-refractivity contribution < 1.29 is 0 Å². The van der Waals surface area contributed by atoms with Gasteiger partial charge in [-0.05, 0) is 38.4 Å². The van der Waals surface area contributed by atoms with E-state index in [1.807, 2.05) is 0 Å². The Morgan fingerprint density at radius 2 is 1.82 bits per heavy atom. The van der Waals surface area contributed by atoms with Crippen LogP contribution in [0.4, 0.5) is 0 Å². The number of nitrogens with zero attached hydrogens (tertiary/aromatic N) is 2. The van der Waals surface area contributed by atoms with Crippen molar-refractivity contribution in [2.45, 2.75) is 45.7 Å². The van der Waals surface area contributed by atoms with Crippen molar-refractivity contribution >= 4 is 0 Å². The van der Waals surface area contributed by atoms with E-state index in [9.17, 15) is 0 Å². The molecule has 2 aliphatic heterocycles. The van der Waals surface area contributed by atoms with Gasteiger partial charge in [-0.25, -0.2) is 0 Å². The number of likely N-dealkylation sites (tertiary alicyclic amines) is 1. The van der Waals surface area contributed by atoms with E-state index in [1.165, 1.54) is 52.1 Å². The molecule has 3 heteroatoms. The minimum absolute atomic E-state index is 0.810. The van der Waals surface area contributed by atoms with Gasteiger partial charge in [0.1, 0.15) is 0 Å². The summed E-state index contributed by atoms with van der Waals surface area (Å²) in [5, 5.41) is 3.40. The summed E-state index contributed by atoms with van der Waals surface area (Å²) < 4.78 is 0. The van der Waals surface area contributed by atoms with E-state index in [4.69, 9.17) is 0 Å². The van der Waals surface area contributed by atoms with Crippen LogP contribution in [0.15, 0.2) is 0 Å². The maximum absolute atomic E-state index is 3.40. The molecule has 1 N–H and O–H groups in total. The van der Waals surface area contributed by atoms with Crippen LogP contribution in [-0.4, -0.2) is 61.2 Å². The monoisotopic (exact) mass is 239 g/mol. The summed E-state index contributed by atoms with van der Waals surface area (Å²) in [6, 6.07) is 1.66. The number of hydrogen-bond donors (Lipinski definition) is 1. The molecule has 0 aliphatic carbocycles. The average Bonchev–Trinajstić information content (AvgIpc) is 2.23. The molecule has 0 aromatic carbocycles. The molecule has 100 valence electrons. The standard InChI is InChI=1S/C14H29N3/c1-4-17(14-9-15-10-14)13-5-7-16(8-6-13)11-12(2)3/h12-15H,4-11H2,1-3H3. The molecule has 0 atom stereocenters. The normalized spacial score (nSPS) is 24.5. The van der Waals surface area contributed by atoms with Gasteiger partial charge >= 0.3 is 0 Å². The van der Waals surface area contributed by atoms with Crippen LogP contribution >= 0.6 is 0 Å². The molecule has 2 fully saturated rings. The molecule has 2 heterocycles. The molecule has 0 amide bonds. The molecule has 3 nitrogen and oxygen atoms in total. The fourth-order valence-electron chi connectivity index (χ4n) is 3.27. The lowest BCUT2D eigenvalue weighted by atomic mass is 9.98. The maximum Gasteiger partial charge on any atom is 0.0348 e. The van der Waals surface area contributed by atoms with Crippen LogP contribution in [0.3, 0.4) is 0 Å². The lowest BCUT2D eigenvalue weighted by molar-refractivity contribution is 0.0532. The van der Waals surface area contributed by atoms with E-state index in [0.29, 0.717) is 0 Å². The summed E-state index contributed by atoms with van der Waals surface area (Å²) in [7, 11) is 0. The zero-order valence-corrected chi connectivity index (χ0v) is 11.8. The highest BCUT2D eigenvalue weighted by molar-refractivity contribution is 4.90. The SMILES string of the molecule is CCN(C1CCN(CC(C)C)CC1)C1CNC1. The van der Waals surface area contributed by atoms with E-state index >= 15 is 0 Å². The smallest absolute Gasteiger partial charge is 0.0348 e. The second kappa shape index (κ2) is 6.17. The highest BCUT2D eigenvalue weighted by atomic mass is 15.3. The topological polar surface area (TPSA) is 18.5 Å². The van der Waals surface area contributed by atoms with E-state index in [1.54, 1.807) is 0 Å². The molecule has 0 saturated carbocycles. The Morgan fingerprint density at radius 1 is 1.18 bits per heavy atom. The molecule has 2 aliphatic rings. The van der Waals surface area contributed by atoms with Gasteiger partial charge in [0, 0.05) is 31.7 Å². The molecule has 0 aromatic heterocycles. The highest BCUT2D eigenvalue weighted by Gasteiger charge is 2.31. The van der Waals surface area contributed by atoms with Crippen LogP contribution < -0.4 is 5.32 Å². The third-order valence-corrected chi connectivity index (χ3v) is 4.24. The Kier molecular flexibility index (Phi) is 4.83. The first-order valence-corrected chi connectivity index (χ1v) is 7.39. The molecule has 0 aromatic rings. The number of hydrogen-bond acceptors (Lipinski definition) is 3. The van der Waals surface area contributed by atoms with Crippen LogP contribution in [0.2, 0.25) is 0 Å². The minimum Gasteiger partial charge on any atom is -0.314 e. The lowest BCUT2D eigenvalue weighted by Gasteiger charge is -2.45. The predicted molar refractivity (Wildman–Crippen MR) is 73.3 cm³/mol. The maximum atomic E-state index is 3.40. The first kappa shape index (κ1) is 13.3. The van der Waals surface area contributed by atoms with Crippen molar-refractivity contribution in [3.63, 3.8) is 0 Å². The van der Waals surface area contributed by atoms with Crippen molar-refractivity contribution in [3.8, 4) is 0 Å².